The van der Waals surface area contributed by atoms with Gasteiger partial charge in [0.25, 0.3) is 0 Å². The number of likely N-dealkylation sites (tertiary alicyclic amines) is 1. The van der Waals surface area contributed by atoms with Crippen molar-refractivity contribution >= 4 is 22.6 Å². The van der Waals surface area contributed by atoms with Crippen molar-refractivity contribution in [3.63, 3.8) is 0 Å². The maximum atomic E-state index is 11.0. The van der Waals surface area contributed by atoms with Crippen molar-refractivity contribution in [2.45, 2.75) is 49.3 Å². The fraction of sp³-hybridized carbons (Fsp3) is 0.684. The van der Waals surface area contributed by atoms with Crippen LogP contribution in [0.4, 0.5) is 0 Å². The molecule has 3 aliphatic rings. The second-order valence-corrected chi connectivity index (χ2v) is 8.97. The zero-order chi connectivity index (χ0) is 17.9. The molecule has 1 aliphatic heterocycles. The number of fused-ring (bicyclic) bond motifs is 1. The molecule has 0 spiro atoms. The fourth-order valence-corrected chi connectivity index (χ4v) is 6.44. The van der Waals surface area contributed by atoms with Crippen molar-refractivity contribution in [1.29, 1.82) is 0 Å². The Hall–Kier alpha value is -0.570. The van der Waals surface area contributed by atoms with Crippen molar-refractivity contribution in [3.8, 4) is 11.5 Å². The molecule has 1 heterocycles. The molecule has 0 amide bonds. The topological polar surface area (TPSA) is 62.2 Å². The molecule has 6 heteroatoms. The Morgan fingerprint density at radius 1 is 1.36 bits per heavy atom. The van der Waals surface area contributed by atoms with E-state index in [0.717, 1.165) is 34.9 Å². The number of aromatic hydroxyl groups is 1. The van der Waals surface area contributed by atoms with E-state index < -0.39 is 6.10 Å². The Morgan fingerprint density at radius 3 is 2.80 bits per heavy atom. The van der Waals surface area contributed by atoms with Crippen LogP contribution in [0.2, 0.25) is 0 Å². The first kappa shape index (κ1) is 17.8. The van der Waals surface area contributed by atoms with Crippen LogP contribution in [0.1, 0.15) is 30.4 Å². The molecule has 5 nitrogen and oxygen atoms in total. The van der Waals surface area contributed by atoms with Gasteiger partial charge in [0, 0.05) is 27.7 Å². The predicted molar refractivity (Wildman–Crippen MR) is 103 cm³/mol. The third kappa shape index (κ3) is 2.44. The average Bonchev–Trinajstić information content (AvgIpc) is 2.59. The molecule has 2 bridgehead atoms. The first-order valence-electron chi connectivity index (χ1n) is 8.93. The molecule has 2 N–H and O–H groups in total. The Labute approximate surface area is 162 Å². The fourth-order valence-electron chi connectivity index (χ4n) is 5.67. The minimum absolute atomic E-state index is 0.125. The number of benzene rings is 1. The van der Waals surface area contributed by atoms with Crippen LogP contribution in [0.3, 0.4) is 0 Å². The van der Waals surface area contributed by atoms with Gasteiger partial charge in [0.15, 0.2) is 11.5 Å². The third-order valence-corrected chi connectivity index (χ3v) is 7.85. The molecule has 2 aliphatic carbocycles. The number of nitrogens with zero attached hydrogens (tertiary/aromatic N) is 1. The molecule has 5 atom stereocenters. The molecule has 4 rings (SSSR count). The lowest BCUT2D eigenvalue weighted by Gasteiger charge is -2.60. The molecule has 0 radical (unpaired) electrons. The first-order chi connectivity index (χ1) is 11.9. The van der Waals surface area contributed by atoms with Gasteiger partial charge in [-0.15, -0.1) is 0 Å². The summed E-state index contributed by atoms with van der Waals surface area (Å²) in [7, 11) is 5.48. The summed E-state index contributed by atoms with van der Waals surface area (Å²) in [5.74, 6) is 1.19. The summed E-state index contributed by atoms with van der Waals surface area (Å²) in [5, 5.41) is 21.8. The molecule has 2 fully saturated rings. The smallest absolute Gasteiger partial charge is 0.161 e. The van der Waals surface area contributed by atoms with Crippen LogP contribution in [0.25, 0.3) is 0 Å². The number of hydrogen-bond acceptors (Lipinski definition) is 5. The second kappa shape index (κ2) is 6.25. The van der Waals surface area contributed by atoms with E-state index in [2.05, 4.69) is 34.5 Å². The SMILES string of the molecule is COc1cc(I)c2c(c1O)[C@@]13CCN(C)[C@@H](C2)[C@H]1CC(OC)[C@@H](O)C3. The number of piperidine rings is 1. The van der Waals surface area contributed by atoms with Crippen LogP contribution >= 0.6 is 22.6 Å². The van der Waals surface area contributed by atoms with Gasteiger partial charge in [0.05, 0.1) is 19.3 Å². The largest absolute Gasteiger partial charge is 0.504 e. The van der Waals surface area contributed by atoms with E-state index in [4.69, 9.17) is 9.47 Å². The summed E-state index contributed by atoms with van der Waals surface area (Å²) in [6.45, 7) is 0.984. The molecule has 1 saturated carbocycles. The Kier molecular flexibility index (Phi) is 4.46. The molecular formula is C19H26INO4. The van der Waals surface area contributed by atoms with E-state index in [-0.39, 0.29) is 17.3 Å². The quantitative estimate of drug-likeness (QED) is 0.665. The van der Waals surface area contributed by atoms with Gasteiger partial charge in [-0.05, 0) is 79.4 Å². The van der Waals surface area contributed by atoms with Gasteiger partial charge >= 0.3 is 0 Å². The minimum Gasteiger partial charge on any atom is -0.504 e. The number of rotatable bonds is 2. The zero-order valence-corrected chi connectivity index (χ0v) is 17.1. The number of halogens is 1. The van der Waals surface area contributed by atoms with Crippen LogP contribution in [0, 0.1) is 9.49 Å². The summed E-state index contributed by atoms with van der Waals surface area (Å²) >= 11 is 2.36. The molecule has 25 heavy (non-hydrogen) atoms. The molecule has 1 unspecified atom stereocenters. The lowest BCUT2D eigenvalue weighted by atomic mass is 9.51. The maximum absolute atomic E-state index is 11.0. The minimum atomic E-state index is -0.500. The number of phenolic OH excluding ortho intramolecular Hbond substituents is 1. The standard InChI is InChI=1S/C19H26INO4/c1-21-5-4-19-9-14(22)15(24-2)7-11(19)13(21)6-10-12(20)8-16(25-3)18(23)17(10)19/h8,11,13-15,22-23H,4-7,9H2,1-3H3/t11-,13+,14+,15?,19-/m1/s1. The molecule has 1 aromatic rings. The van der Waals surface area contributed by atoms with Crippen molar-refractivity contribution in [2.75, 3.05) is 27.8 Å². The molecule has 1 aromatic carbocycles. The first-order valence-corrected chi connectivity index (χ1v) is 10.0. The monoisotopic (exact) mass is 459 g/mol. The Morgan fingerprint density at radius 2 is 2.12 bits per heavy atom. The molecule has 0 aromatic heterocycles. The number of ether oxygens (including phenoxy) is 2. The van der Waals surface area contributed by atoms with Gasteiger partial charge in [0.2, 0.25) is 0 Å². The van der Waals surface area contributed by atoms with Gasteiger partial charge in [-0.1, -0.05) is 0 Å². The van der Waals surface area contributed by atoms with E-state index in [1.807, 2.05) is 6.07 Å². The lowest BCUT2D eigenvalue weighted by molar-refractivity contribution is -0.114. The van der Waals surface area contributed by atoms with Crippen LogP contribution in [-0.4, -0.2) is 61.2 Å². The van der Waals surface area contributed by atoms with Crippen molar-refractivity contribution in [1.82, 2.24) is 4.90 Å². The van der Waals surface area contributed by atoms with Gasteiger partial charge in [0.1, 0.15) is 0 Å². The normalized spacial score (nSPS) is 37.3. The maximum Gasteiger partial charge on any atom is 0.161 e. The highest BCUT2D eigenvalue weighted by Gasteiger charge is 2.58. The van der Waals surface area contributed by atoms with Gasteiger partial charge in [-0.2, -0.15) is 0 Å². The third-order valence-electron chi connectivity index (χ3n) is 6.89. The van der Waals surface area contributed by atoms with Crippen molar-refractivity contribution in [2.24, 2.45) is 5.92 Å². The number of aliphatic hydroxyl groups excluding tert-OH is 1. The van der Waals surface area contributed by atoms with E-state index in [9.17, 15) is 10.2 Å². The van der Waals surface area contributed by atoms with Crippen molar-refractivity contribution < 1.29 is 19.7 Å². The second-order valence-electron chi connectivity index (χ2n) is 7.81. The van der Waals surface area contributed by atoms with E-state index >= 15 is 0 Å². The number of likely N-dealkylation sites (N-methyl/N-ethyl adjacent to an activating group) is 1. The van der Waals surface area contributed by atoms with Crippen LogP contribution < -0.4 is 4.74 Å². The number of aliphatic hydroxyl groups is 1. The highest BCUT2D eigenvalue weighted by atomic mass is 127. The summed E-state index contributed by atoms with van der Waals surface area (Å²) < 4.78 is 12.2. The zero-order valence-electron chi connectivity index (χ0n) is 15.0. The average molecular weight is 459 g/mol. The summed E-state index contributed by atoms with van der Waals surface area (Å²) in [6, 6.07) is 2.35. The van der Waals surface area contributed by atoms with E-state index in [1.165, 1.54) is 5.56 Å². The number of hydrogen-bond donors (Lipinski definition) is 2. The highest BCUT2D eigenvalue weighted by Crippen LogP contribution is 2.59. The number of methoxy groups -OCH3 is 2. The molecular weight excluding hydrogens is 433 g/mol. The van der Waals surface area contributed by atoms with Crippen LogP contribution in [0.5, 0.6) is 11.5 Å². The summed E-state index contributed by atoms with van der Waals surface area (Å²) in [4.78, 5) is 2.45. The van der Waals surface area contributed by atoms with Crippen LogP contribution in [-0.2, 0) is 16.6 Å². The number of phenols is 1. The van der Waals surface area contributed by atoms with Gasteiger partial charge in [-0.3, -0.25) is 0 Å². The molecule has 138 valence electrons. The predicted octanol–water partition coefficient (Wildman–Crippen LogP) is 2.29. The van der Waals surface area contributed by atoms with Crippen LogP contribution in [0.15, 0.2) is 6.07 Å². The molecule has 1 saturated heterocycles. The van der Waals surface area contributed by atoms with Crippen molar-refractivity contribution in [3.05, 3.63) is 20.8 Å². The highest BCUT2D eigenvalue weighted by molar-refractivity contribution is 14.1. The Bertz CT molecular complexity index is 696. The lowest BCUT2D eigenvalue weighted by Crippen LogP contribution is -2.64. The van der Waals surface area contributed by atoms with E-state index in [0.29, 0.717) is 24.1 Å². The van der Waals surface area contributed by atoms with E-state index in [1.54, 1.807) is 14.2 Å². The van der Waals surface area contributed by atoms with Gasteiger partial charge in [-0.25, -0.2) is 0 Å². The Balaban J connectivity index is 1.94. The summed E-state index contributed by atoms with van der Waals surface area (Å²) in [6.07, 6.45) is 2.73. The summed E-state index contributed by atoms with van der Waals surface area (Å²) in [5.41, 5.74) is 2.06. The van der Waals surface area contributed by atoms with Gasteiger partial charge < -0.3 is 24.6 Å².